The Morgan fingerprint density at radius 2 is 1.94 bits per heavy atom. The van der Waals surface area contributed by atoms with Gasteiger partial charge in [-0.05, 0) is 42.4 Å². The molecule has 0 saturated heterocycles. The fourth-order valence-corrected chi connectivity index (χ4v) is 2.52. The molecular weight excluding hydrogens is 200 g/mol. The predicted octanol–water partition coefficient (Wildman–Crippen LogP) is 3.68. The summed E-state index contributed by atoms with van der Waals surface area (Å²) in [6.45, 7) is 2.30. The van der Waals surface area contributed by atoms with Gasteiger partial charge in [-0.25, -0.2) is 4.79 Å². The van der Waals surface area contributed by atoms with Crippen molar-refractivity contribution in [3.8, 4) is 0 Å². The molecule has 0 atom stereocenters. The number of hydrogen-bond donors (Lipinski definition) is 1. The van der Waals surface area contributed by atoms with Gasteiger partial charge in [-0.15, -0.1) is 0 Å². The van der Waals surface area contributed by atoms with Crippen LogP contribution < -0.4 is 0 Å². The Morgan fingerprint density at radius 1 is 1.25 bits per heavy atom. The summed E-state index contributed by atoms with van der Waals surface area (Å²) >= 11 is 0. The van der Waals surface area contributed by atoms with Gasteiger partial charge in [0.2, 0.25) is 0 Å². The van der Waals surface area contributed by atoms with Gasteiger partial charge in [0.05, 0.1) is 5.56 Å². The molecule has 1 aromatic carbocycles. The number of hydrogen-bond acceptors (Lipinski definition) is 1. The third kappa shape index (κ3) is 2.43. The van der Waals surface area contributed by atoms with E-state index in [1.54, 1.807) is 6.07 Å². The lowest BCUT2D eigenvalue weighted by Crippen LogP contribution is -2.11. The monoisotopic (exact) mass is 218 g/mol. The van der Waals surface area contributed by atoms with E-state index in [0.717, 1.165) is 5.92 Å². The fraction of sp³-hybridized carbons (Fsp3) is 0.500. The van der Waals surface area contributed by atoms with E-state index in [0.29, 0.717) is 11.5 Å². The molecule has 1 N–H and O–H groups in total. The van der Waals surface area contributed by atoms with E-state index in [1.165, 1.54) is 31.2 Å². The van der Waals surface area contributed by atoms with Crippen LogP contribution in [0, 0.1) is 5.92 Å². The van der Waals surface area contributed by atoms with Crippen LogP contribution in [0.25, 0.3) is 0 Å². The van der Waals surface area contributed by atoms with Gasteiger partial charge >= 0.3 is 5.97 Å². The van der Waals surface area contributed by atoms with Crippen molar-refractivity contribution in [1.29, 1.82) is 0 Å². The molecule has 2 heteroatoms. The third-order valence-electron chi connectivity index (χ3n) is 3.62. The smallest absolute Gasteiger partial charge is 0.335 e. The quantitative estimate of drug-likeness (QED) is 0.822. The largest absolute Gasteiger partial charge is 0.478 e. The van der Waals surface area contributed by atoms with Crippen molar-refractivity contribution in [3.63, 3.8) is 0 Å². The third-order valence-corrected chi connectivity index (χ3v) is 3.62. The molecule has 0 bridgehead atoms. The van der Waals surface area contributed by atoms with Gasteiger partial charge < -0.3 is 5.11 Å². The van der Waals surface area contributed by atoms with E-state index in [-0.39, 0.29) is 0 Å². The standard InChI is InChI=1S/C14H18O2/c1-10-5-7-11(8-6-10)12-3-2-4-13(9-12)14(15)16/h2-4,9-11H,5-8H2,1H3,(H,15,16). The minimum Gasteiger partial charge on any atom is -0.478 e. The molecule has 1 aliphatic rings. The topological polar surface area (TPSA) is 37.3 Å². The van der Waals surface area contributed by atoms with Crippen LogP contribution >= 0.6 is 0 Å². The summed E-state index contributed by atoms with van der Waals surface area (Å²) in [5, 5.41) is 8.95. The summed E-state index contributed by atoms with van der Waals surface area (Å²) in [6, 6.07) is 7.42. The number of rotatable bonds is 2. The maximum absolute atomic E-state index is 10.9. The van der Waals surface area contributed by atoms with Crippen LogP contribution in [-0.4, -0.2) is 11.1 Å². The molecule has 1 aliphatic carbocycles. The minimum atomic E-state index is -0.828. The fourth-order valence-electron chi connectivity index (χ4n) is 2.52. The number of carboxylic acid groups (broad SMARTS) is 1. The van der Waals surface area contributed by atoms with Gasteiger partial charge in [-0.1, -0.05) is 31.9 Å². The molecule has 86 valence electrons. The summed E-state index contributed by atoms with van der Waals surface area (Å²) in [6.07, 6.45) is 4.93. The van der Waals surface area contributed by atoms with Gasteiger partial charge in [-0.2, -0.15) is 0 Å². The second kappa shape index (κ2) is 4.69. The van der Waals surface area contributed by atoms with Crippen LogP contribution in [0.3, 0.4) is 0 Å². The molecule has 2 nitrogen and oxygen atoms in total. The van der Waals surface area contributed by atoms with Crippen molar-refractivity contribution in [2.45, 2.75) is 38.5 Å². The van der Waals surface area contributed by atoms with Crippen LogP contribution in [0.4, 0.5) is 0 Å². The molecule has 0 heterocycles. The Labute approximate surface area is 96.3 Å². The highest BCUT2D eigenvalue weighted by Crippen LogP contribution is 2.35. The van der Waals surface area contributed by atoms with Gasteiger partial charge in [0.25, 0.3) is 0 Å². The molecule has 0 radical (unpaired) electrons. The first-order valence-corrected chi connectivity index (χ1v) is 6.00. The second-order valence-corrected chi connectivity index (χ2v) is 4.89. The molecule has 0 amide bonds. The first kappa shape index (κ1) is 11.2. The molecular formula is C14H18O2. The summed E-state index contributed by atoms with van der Waals surface area (Å²) < 4.78 is 0. The van der Waals surface area contributed by atoms with Gasteiger partial charge in [0, 0.05) is 0 Å². The van der Waals surface area contributed by atoms with Gasteiger partial charge in [-0.3, -0.25) is 0 Å². The van der Waals surface area contributed by atoms with Crippen LogP contribution in [0.5, 0.6) is 0 Å². The summed E-state index contributed by atoms with van der Waals surface area (Å²) in [5.41, 5.74) is 1.61. The summed E-state index contributed by atoms with van der Waals surface area (Å²) in [5.74, 6) is 0.570. The van der Waals surface area contributed by atoms with Gasteiger partial charge in [0.1, 0.15) is 0 Å². The summed E-state index contributed by atoms with van der Waals surface area (Å²) in [4.78, 5) is 10.9. The number of benzene rings is 1. The average molecular weight is 218 g/mol. The molecule has 0 aromatic heterocycles. The lowest BCUT2D eigenvalue weighted by molar-refractivity contribution is 0.0696. The molecule has 0 spiro atoms. The zero-order valence-corrected chi connectivity index (χ0v) is 9.65. The van der Waals surface area contributed by atoms with E-state index in [9.17, 15) is 4.79 Å². The zero-order chi connectivity index (χ0) is 11.5. The molecule has 0 aliphatic heterocycles. The normalized spacial score (nSPS) is 25.3. The maximum Gasteiger partial charge on any atom is 0.335 e. The van der Waals surface area contributed by atoms with Crippen molar-refractivity contribution < 1.29 is 9.90 Å². The Kier molecular flexibility index (Phi) is 3.28. The highest BCUT2D eigenvalue weighted by molar-refractivity contribution is 5.87. The number of carboxylic acids is 1. The summed E-state index contributed by atoms with van der Waals surface area (Å²) in [7, 11) is 0. The van der Waals surface area contributed by atoms with E-state index < -0.39 is 5.97 Å². The second-order valence-electron chi connectivity index (χ2n) is 4.89. The Hall–Kier alpha value is -1.31. The van der Waals surface area contributed by atoms with Crippen LogP contribution in [-0.2, 0) is 0 Å². The first-order chi connectivity index (χ1) is 7.66. The number of aromatic carboxylic acids is 1. The molecule has 2 rings (SSSR count). The van der Waals surface area contributed by atoms with E-state index in [1.807, 2.05) is 12.1 Å². The Morgan fingerprint density at radius 3 is 2.56 bits per heavy atom. The number of carbonyl (C=O) groups is 1. The predicted molar refractivity (Wildman–Crippen MR) is 63.8 cm³/mol. The molecule has 16 heavy (non-hydrogen) atoms. The Balaban J connectivity index is 2.14. The van der Waals surface area contributed by atoms with E-state index in [2.05, 4.69) is 13.0 Å². The van der Waals surface area contributed by atoms with Gasteiger partial charge in [0.15, 0.2) is 0 Å². The highest BCUT2D eigenvalue weighted by atomic mass is 16.4. The van der Waals surface area contributed by atoms with Crippen molar-refractivity contribution >= 4 is 5.97 Å². The van der Waals surface area contributed by atoms with Crippen LogP contribution in [0.15, 0.2) is 24.3 Å². The molecule has 1 aromatic rings. The highest BCUT2D eigenvalue weighted by Gasteiger charge is 2.20. The lowest BCUT2D eigenvalue weighted by atomic mass is 9.79. The van der Waals surface area contributed by atoms with Crippen LogP contribution in [0.2, 0.25) is 0 Å². The minimum absolute atomic E-state index is 0.413. The average Bonchev–Trinajstić information content (AvgIpc) is 2.30. The first-order valence-electron chi connectivity index (χ1n) is 6.00. The Bertz CT molecular complexity index is 376. The molecule has 1 saturated carbocycles. The maximum atomic E-state index is 10.9. The van der Waals surface area contributed by atoms with E-state index >= 15 is 0 Å². The SMILES string of the molecule is CC1CCC(c2cccc(C(=O)O)c2)CC1. The van der Waals surface area contributed by atoms with Crippen LogP contribution in [0.1, 0.15) is 54.4 Å². The van der Waals surface area contributed by atoms with Crippen molar-refractivity contribution in [1.82, 2.24) is 0 Å². The van der Waals surface area contributed by atoms with Crippen molar-refractivity contribution in [2.75, 3.05) is 0 Å². The van der Waals surface area contributed by atoms with Crippen molar-refractivity contribution in [3.05, 3.63) is 35.4 Å². The zero-order valence-electron chi connectivity index (χ0n) is 9.65. The van der Waals surface area contributed by atoms with E-state index in [4.69, 9.17) is 5.11 Å². The molecule has 0 unspecified atom stereocenters. The van der Waals surface area contributed by atoms with Crippen molar-refractivity contribution in [2.24, 2.45) is 5.92 Å². The lowest BCUT2D eigenvalue weighted by Gasteiger charge is -2.26. The molecule has 1 fully saturated rings.